The molecule has 0 fully saturated rings. The normalized spacial score (nSPS) is 11.4. The molecular formula is C10H14BrF3N4S. The zero-order chi connectivity index (χ0) is 14.3. The standard InChI is InChI=1S/C10H14BrF3N4S/c1-2-3-16-9-17-6-7(11)8(18-9)15-4-5-19-10(12,13)14/h6H,2-5H2,1H3,(H2,15,16,17,18). The van der Waals surface area contributed by atoms with E-state index in [0.29, 0.717) is 16.2 Å². The zero-order valence-electron chi connectivity index (χ0n) is 10.2. The van der Waals surface area contributed by atoms with Gasteiger partial charge in [0.25, 0.3) is 0 Å². The van der Waals surface area contributed by atoms with Crippen LogP contribution in [0, 0.1) is 0 Å². The van der Waals surface area contributed by atoms with E-state index in [2.05, 4.69) is 36.5 Å². The van der Waals surface area contributed by atoms with Crippen LogP contribution in [0.4, 0.5) is 24.9 Å². The number of hydrogen-bond acceptors (Lipinski definition) is 5. The first-order valence-corrected chi connectivity index (χ1v) is 7.41. The van der Waals surface area contributed by atoms with E-state index in [9.17, 15) is 13.2 Å². The molecule has 1 aromatic heterocycles. The lowest BCUT2D eigenvalue weighted by Gasteiger charge is -2.10. The number of aromatic nitrogens is 2. The molecule has 0 bridgehead atoms. The Labute approximate surface area is 122 Å². The van der Waals surface area contributed by atoms with E-state index < -0.39 is 5.51 Å². The zero-order valence-corrected chi connectivity index (χ0v) is 12.6. The van der Waals surface area contributed by atoms with Crippen molar-refractivity contribution in [3.63, 3.8) is 0 Å². The molecule has 2 N–H and O–H groups in total. The molecule has 0 atom stereocenters. The third kappa shape index (κ3) is 6.86. The highest BCUT2D eigenvalue weighted by atomic mass is 79.9. The Kier molecular flexibility index (Phi) is 6.70. The Hall–Kier alpha value is -0.700. The maximum absolute atomic E-state index is 12.0. The van der Waals surface area contributed by atoms with E-state index in [-0.39, 0.29) is 24.1 Å². The third-order valence-electron chi connectivity index (χ3n) is 1.94. The molecule has 0 amide bonds. The van der Waals surface area contributed by atoms with Crippen LogP contribution < -0.4 is 10.6 Å². The van der Waals surface area contributed by atoms with Gasteiger partial charge in [-0.2, -0.15) is 18.2 Å². The summed E-state index contributed by atoms with van der Waals surface area (Å²) in [6, 6.07) is 0. The molecule has 19 heavy (non-hydrogen) atoms. The Morgan fingerprint density at radius 2 is 2.05 bits per heavy atom. The first kappa shape index (κ1) is 16.4. The number of thioether (sulfide) groups is 1. The SMILES string of the molecule is CCCNc1ncc(Br)c(NCCSC(F)(F)F)n1. The highest BCUT2D eigenvalue weighted by Gasteiger charge is 2.27. The van der Waals surface area contributed by atoms with Crippen LogP contribution in [-0.2, 0) is 0 Å². The van der Waals surface area contributed by atoms with Crippen LogP contribution >= 0.6 is 27.7 Å². The predicted molar refractivity (Wildman–Crippen MR) is 75.5 cm³/mol. The van der Waals surface area contributed by atoms with Crippen LogP contribution in [0.3, 0.4) is 0 Å². The minimum Gasteiger partial charge on any atom is -0.368 e. The Bertz CT molecular complexity index is 403. The Morgan fingerprint density at radius 1 is 1.32 bits per heavy atom. The summed E-state index contributed by atoms with van der Waals surface area (Å²) in [5.74, 6) is 0.866. The number of hydrogen-bond donors (Lipinski definition) is 2. The second-order valence-corrected chi connectivity index (χ2v) is 5.55. The lowest BCUT2D eigenvalue weighted by atomic mass is 10.5. The molecule has 4 nitrogen and oxygen atoms in total. The molecule has 0 radical (unpaired) electrons. The van der Waals surface area contributed by atoms with Crippen molar-refractivity contribution in [2.75, 3.05) is 29.5 Å². The van der Waals surface area contributed by atoms with Crippen LogP contribution in [0.2, 0.25) is 0 Å². The highest BCUT2D eigenvalue weighted by molar-refractivity contribution is 9.10. The molecule has 0 aliphatic rings. The average molecular weight is 359 g/mol. The maximum Gasteiger partial charge on any atom is 0.441 e. The summed E-state index contributed by atoms with van der Waals surface area (Å²) in [4.78, 5) is 8.22. The molecule has 0 aliphatic heterocycles. The molecule has 0 saturated carbocycles. The third-order valence-corrected chi connectivity index (χ3v) is 3.25. The Morgan fingerprint density at radius 3 is 2.68 bits per heavy atom. The summed E-state index contributed by atoms with van der Waals surface area (Å²) < 4.78 is 36.5. The van der Waals surface area contributed by atoms with Gasteiger partial charge in [0.05, 0.1) is 4.47 Å². The molecule has 0 aromatic carbocycles. The summed E-state index contributed by atoms with van der Waals surface area (Å²) in [6.07, 6.45) is 2.49. The van der Waals surface area contributed by atoms with Gasteiger partial charge in [-0.15, -0.1) is 0 Å². The van der Waals surface area contributed by atoms with Gasteiger partial charge in [-0.1, -0.05) is 6.92 Å². The molecule has 0 unspecified atom stereocenters. The number of anilines is 2. The predicted octanol–water partition coefficient (Wildman–Crippen LogP) is 3.73. The van der Waals surface area contributed by atoms with Gasteiger partial charge in [0.15, 0.2) is 0 Å². The van der Waals surface area contributed by atoms with Crippen molar-refractivity contribution < 1.29 is 13.2 Å². The lowest BCUT2D eigenvalue weighted by Crippen LogP contribution is -2.12. The maximum atomic E-state index is 12.0. The summed E-state index contributed by atoms with van der Waals surface area (Å²) in [6.45, 7) is 2.93. The van der Waals surface area contributed by atoms with Crippen molar-refractivity contribution in [2.24, 2.45) is 0 Å². The molecule has 108 valence electrons. The minimum atomic E-state index is -4.20. The largest absolute Gasteiger partial charge is 0.441 e. The van der Waals surface area contributed by atoms with Crippen molar-refractivity contribution in [2.45, 2.75) is 18.9 Å². The van der Waals surface area contributed by atoms with Gasteiger partial charge >= 0.3 is 5.51 Å². The van der Waals surface area contributed by atoms with E-state index in [0.717, 1.165) is 13.0 Å². The van der Waals surface area contributed by atoms with Crippen molar-refractivity contribution in [1.82, 2.24) is 9.97 Å². The van der Waals surface area contributed by atoms with Gasteiger partial charge in [0.1, 0.15) is 5.82 Å². The van der Waals surface area contributed by atoms with Crippen molar-refractivity contribution >= 4 is 39.5 Å². The fraction of sp³-hybridized carbons (Fsp3) is 0.600. The molecule has 0 aliphatic carbocycles. The van der Waals surface area contributed by atoms with E-state index in [1.807, 2.05) is 6.92 Å². The van der Waals surface area contributed by atoms with E-state index in [1.54, 1.807) is 6.20 Å². The first-order valence-electron chi connectivity index (χ1n) is 5.63. The van der Waals surface area contributed by atoms with Crippen LogP contribution in [-0.4, -0.2) is 34.3 Å². The highest BCUT2D eigenvalue weighted by Crippen LogP contribution is 2.29. The smallest absolute Gasteiger partial charge is 0.368 e. The number of nitrogens with one attached hydrogen (secondary N) is 2. The van der Waals surface area contributed by atoms with Gasteiger partial charge in [-0.25, -0.2) is 4.98 Å². The van der Waals surface area contributed by atoms with Crippen LogP contribution in [0.25, 0.3) is 0 Å². The summed E-state index contributed by atoms with van der Waals surface area (Å²) in [5, 5.41) is 5.85. The molecule has 1 heterocycles. The van der Waals surface area contributed by atoms with E-state index >= 15 is 0 Å². The van der Waals surface area contributed by atoms with Crippen molar-refractivity contribution in [3.8, 4) is 0 Å². The van der Waals surface area contributed by atoms with Gasteiger partial charge in [0, 0.05) is 25.0 Å². The van der Waals surface area contributed by atoms with Gasteiger partial charge in [0.2, 0.25) is 5.95 Å². The van der Waals surface area contributed by atoms with Gasteiger partial charge in [-0.3, -0.25) is 0 Å². The van der Waals surface area contributed by atoms with Crippen molar-refractivity contribution in [3.05, 3.63) is 10.7 Å². The first-order chi connectivity index (χ1) is 8.92. The monoisotopic (exact) mass is 358 g/mol. The van der Waals surface area contributed by atoms with Crippen LogP contribution in [0.1, 0.15) is 13.3 Å². The number of rotatable bonds is 7. The topological polar surface area (TPSA) is 49.8 Å². The van der Waals surface area contributed by atoms with Crippen LogP contribution in [0.15, 0.2) is 10.7 Å². The molecule has 0 saturated heterocycles. The number of alkyl halides is 3. The Balaban J connectivity index is 2.47. The number of nitrogens with zero attached hydrogens (tertiary/aromatic N) is 2. The average Bonchev–Trinajstić information content (AvgIpc) is 2.33. The van der Waals surface area contributed by atoms with E-state index in [4.69, 9.17) is 0 Å². The molecular weight excluding hydrogens is 345 g/mol. The van der Waals surface area contributed by atoms with Crippen LogP contribution in [0.5, 0.6) is 0 Å². The molecule has 9 heteroatoms. The number of halogens is 4. The fourth-order valence-electron chi connectivity index (χ4n) is 1.15. The quantitative estimate of drug-likeness (QED) is 0.727. The minimum absolute atomic E-state index is 0.0601. The van der Waals surface area contributed by atoms with Gasteiger partial charge < -0.3 is 10.6 Å². The summed E-state index contributed by atoms with van der Waals surface area (Å²) in [5.41, 5.74) is -4.20. The molecule has 1 aromatic rings. The lowest BCUT2D eigenvalue weighted by molar-refractivity contribution is -0.0327. The second kappa shape index (κ2) is 7.78. The molecule has 0 spiro atoms. The van der Waals surface area contributed by atoms with E-state index in [1.165, 1.54) is 0 Å². The fourth-order valence-corrected chi connectivity index (χ4v) is 1.92. The molecule has 1 rings (SSSR count). The summed E-state index contributed by atoms with van der Waals surface area (Å²) >= 11 is 3.19. The second-order valence-electron chi connectivity index (χ2n) is 3.54. The summed E-state index contributed by atoms with van der Waals surface area (Å²) in [7, 11) is 0. The van der Waals surface area contributed by atoms with Crippen molar-refractivity contribution in [1.29, 1.82) is 0 Å². The van der Waals surface area contributed by atoms with Gasteiger partial charge in [-0.05, 0) is 34.1 Å².